The standard InChI is InChI=1S/C2H2.CH2S2/c1-2;2-1-3/h1-2H;1H,(H,2,3). The van der Waals surface area contributed by atoms with Crippen molar-refractivity contribution in [1.29, 1.82) is 0 Å². The molecule has 0 amide bonds. The second-order valence-electron chi connectivity index (χ2n) is 0.105. The highest BCUT2D eigenvalue weighted by Crippen LogP contribution is 1.50. The summed E-state index contributed by atoms with van der Waals surface area (Å²) in [7, 11) is 0. The molecule has 0 aliphatic rings. The van der Waals surface area contributed by atoms with Crippen LogP contribution in [0.3, 0.4) is 0 Å². The summed E-state index contributed by atoms with van der Waals surface area (Å²) in [6.45, 7) is 0. The maximum Gasteiger partial charge on any atom is 0.0310 e. The van der Waals surface area contributed by atoms with Crippen molar-refractivity contribution in [3.8, 4) is 12.8 Å². The van der Waals surface area contributed by atoms with E-state index in [2.05, 4.69) is 37.7 Å². The van der Waals surface area contributed by atoms with Gasteiger partial charge in [0.05, 0.1) is 0 Å². The van der Waals surface area contributed by atoms with Gasteiger partial charge < -0.3 is 0 Å². The summed E-state index contributed by atoms with van der Waals surface area (Å²) in [5, 5.41) is 0. The molecule has 0 spiro atoms. The minimum Gasteiger partial charge on any atom is -0.140 e. The first-order chi connectivity index (χ1) is 2.41. The van der Waals surface area contributed by atoms with E-state index in [1.54, 1.807) is 0 Å². The molecule has 0 fully saturated rings. The maximum absolute atomic E-state index is 4.13. The zero-order chi connectivity index (χ0) is 4.71. The lowest BCUT2D eigenvalue weighted by atomic mass is 11.4. The van der Waals surface area contributed by atoms with Gasteiger partial charge in [0.15, 0.2) is 0 Å². The van der Waals surface area contributed by atoms with Crippen LogP contribution in [-0.2, 0) is 0 Å². The molecule has 28 valence electrons. The van der Waals surface area contributed by atoms with Crippen molar-refractivity contribution < 1.29 is 0 Å². The van der Waals surface area contributed by atoms with Crippen molar-refractivity contribution in [2.45, 2.75) is 0 Å². The number of thiocarbonyl (C=S) groups is 1. The lowest BCUT2D eigenvalue weighted by molar-refractivity contribution is 3.31. The maximum atomic E-state index is 4.13. The van der Waals surface area contributed by atoms with Crippen LogP contribution >= 0.6 is 24.8 Å². The van der Waals surface area contributed by atoms with Crippen LogP contribution in [0.25, 0.3) is 0 Å². The number of thiol groups is 1. The molecule has 0 aromatic heterocycles. The summed E-state index contributed by atoms with van der Waals surface area (Å²) in [5.41, 5.74) is 0. The quantitative estimate of drug-likeness (QED) is 0.273. The fourth-order valence-corrected chi connectivity index (χ4v) is 0. The third-order valence-electron chi connectivity index (χ3n) is 0. The van der Waals surface area contributed by atoms with Gasteiger partial charge in [0, 0.05) is 4.70 Å². The SMILES string of the molecule is C#C.S=CS. The topological polar surface area (TPSA) is 0 Å². The Morgan fingerprint density at radius 1 is 1.60 bits per heavy atom. The van der Waals surface area contributed by atoms with E-state index in [1.807, 2.05) is 0 Å². The summed E-state index contributed by atoms with van der Waals surface area (Å²) in [6.07, 6.45) is 8.00. The molecule has 0 aliphatic carbocycles. The Kier molecular flexibility index (Phi) is 64.0. The first-order valence-electron chi connectivity index (χ1n) is 0.827. The van der Waals surface area contributed by atoms with Crippen LogP contribution in [0, 0.1) is 12.8 Å². The fourth-order valence-electron chi connectivity index (χ4n) is 0. The lowest BCUT2D eigenvalue weighted by Crippen LogP contribution is -1.12. The van der Waals surface area contributed by atoms with Crippen molar-refractivity contribution in [2.24, 2.45) is 0 Å². The zero-order valence-electron chi connectivity index (χ0n) is 2.59. The third-order valence-corrected chi connectivity index (χ3v) is 0. The lowest BCUT2D eigenvalue weighted by Gasteiger charge is -1.27. The van der Waals surface area contributed by atoms with Crippen LogP contribution in [0.2, 0.25) is 0 Å². The van der Waals surface area contributed by atoms with E-state index >= 15 is 0 Å². The largest absolute Gasteiger partial charge is 0.140 e. The molecule has 0 aromatic rings. The molecule has 5 heavy (non-hydrogen) atoms. The molecule has 0 nitrogen and oxygen atoms in total. The zero-order valence-corrected chi connectivity index (χ0v) is 4.30. The number of rotatable bonds is 0. The molecule has 0 atom stereocenters. The number of hydrogen-bond donors (Lipinski definition) is 1. The average Bonchev–Trinajstić information content (AvgIpc) is 1.46. The van der Waals surface area contributed by atoms with Crippen LogP contribution in [-0.4, -0.2) is 4.70 Å². The molecule has 0 aromatic carbocycles. The summed E-state index contributed by atoms with van der Waals surface area (Å²) >= 11 is 7.61. The Balaban J connectivity index is 0. The van der Waals surface area contributed by atoms with Gasteiger partial charge in [-0.15, -0.1) is 25.5 Å². The molecule has 0 rings (SSSR count). The third kappa shape index (κ3) is 0. The Morgan fingerprint density at radius 3 is 1.60 bits per heavy atom. The Bertz CT molecular complexity index is 29.1. The van der Waals surface area contributed by atoms with Gasteiger partial charge in [-0.05, 0) is 0 Å². The number of terminal acetylenes is 1. The van der Waals surface area contributed by atoms with E-state index in [0.29, 0.717) is 0 Å². The monoisotopic (exact) mass is 104 g/mol. The van der Waals surface area contributed by atoms with E-state index in [-0.39, 0.29) is 0 Å². The Morgan fingerprint density at radius 2 is 1.60 bits per heavy atom. The van der Waals surface area contributed by atoms with E-state index in [4.69, 9.17) is 0 Å². The second-order valence-corrected chi connectivity index (χ2v) is 0.949. The van der Waals surface area contributed by atoms with Crippen molar-refractivity contribution in [1.82, 2.24) is 0 Å². The highest BCUT2D eigenvalue weighted by molar-refractivity contribution is 8.08. The minimum atomic E-state index is 1.28. The van der Waals surface area contributed by atoms with Gasteiger partial charge in [-0.2, -0.15) is 0 Å². The van der Waals surface area contributed by atoms with Crippen LogP contribution in [0.15, 0.2) is 0 Å². The molecule has 0 N–H and O–H groups in total. The Hall–Kier alpha value is 0. The molecule has 0 bridgehead atoms. The molecule has 2 heteroatoms. The normalized spacial score (nSPS) is 3.00. The summed E-state index contributed by atoms with van der Waals surface area (Å²) in [4.78, 5) is 0. The van der Waals surface area contributed by atoms with E-state index in [0.717, 1.165) is 0 Å². The van der Waals surface area contributed by atoms with E-state index in [9.17, 15) is 0 Å². The summed E-state index contributed by atoms with van der Waals surface area (Å²) in [6, 6.07) is 0. The number of hydrogen-bond acceptors (Lipinski definition) is 1. The van der Waals surface area contributed by atoms with Gasteiger partial charge in [0.2, 0.25) is 0 Å². The molecule has 0 saturated heterocycles. The predicted octanol–water partition coefficient (Wildman–Crippen LogP) is 1.12. The van der Waals surface area contributed by atoms with Crippen LogP contribution in [0.4, 0.5) is 0 Å². The molecule has 0 saturated carbocycles. The van der Waals surface area contributed by atoms with Gasteiger partial charge in [0.1, 0.15) is 0 Å². The van der Waals surface area contributed by atoms with Gasteiger partial charge in [-0.1, -0.05) is 12.2 Å². The molecule has 0 radical (unpaired) electrons. The highest BCUT2D eigenvalue weighted by Gasteiger charge is 1.18. The first kappa shape index (κ1) is 8.89. The van der Waals surface area contributed by atoms with E-state index in [1.165, 1.54) is 4.70 Å². The van der Waals surface area contributed by atoms with Crippen molar-refractivity contribution >= 4 is 29.5 Å². The van der Waals surface area contributed by atoms with Crippen molar-refractivity contribution in [3.05, 3.63) is 0 Å². The van der Waals surface area contributed by atoms with Gasteiger partial charge in [-0.25, -0.2) is 0 Å². The average molecular weight is 104 g/mol. The van der Waals surface area contributed by atoms with Crippen LogP contribution in [0.1, 0.15) is 0 Å². The first-order valence-corrected chi connectivity index (χ1v) is 1.82. The van der Waals surface area contributed by atoms with Crippen molar-refractivity contribution in [2.75, 3.05) is 0 Å². The van der Waals surface area contributed by atoms with Gasteiger partial charge in [-0.3, -0.25) is 0 Å². The van der Waals surface area contributed by atoms with Crippen LogP contribution in [0.5, 0.6) is 0 Å². The molecule has 0 unspecified atom stereocenters. The van der Waals surface area contributed by atoms with Crippen LogP contribution < -0.4 is 0 Å². The minimum absolute atomic E-state index is 1.28. The second kappa shape index (κ2) is 36.0. The Labute approximate surface area is 43.0 Å². The van der Waals surface area contributed by atoms with Gasteiger partial charge in [0.25, 0.3) is 0 Å². The van der Waals surface area contributed by atoms with Gasteiger partial charge >= 0.3 is 0 Å². The molecular weight excluding hydrogens is 100 g/mol. The molecular formula is C3H4S2. The fraction of sp³-hybridized carbons (Fsp3) is 0. The summed E-state index contributed by atoms with van der Waals surface area (Å²) < 4.78 is 1.28. The molecule has 0 aliphatic heterocycles. The predicted molar refractivity (Wildman–Crippen MR) is 32.5 cm³/mol. The highest BCUT2D eigenvalue weighted by atomic mass is 32.1. The molecule has 0 heterocycles. The van der Waals surface area contributed by atoms with E-state index < -0.39 is 0 Å². The smallest absolute Gasteiger partial charge is 0.0310 e. The van der Waals surface area contributed by atoms with Crippen molar-refractivity contribution in [3.63, 3.8) is 0 Å². The summed E-state index contributed by atoms with van der Waals surface area (Å²) in [5.74, 6) is 0.